The number of anilines is 2. The van der Waals surface area contributed by atoms with E-state index in [0.29, 0.717) is 0 Å². The molecule has 0 aromatic heterocycles. The number of rotatable bonds is 4. The number of carbonyl (C=O) groups excluding carboxylic acids is 1. The van der Waals surface area contributed by atoms with Crippen LogP contribution in [-0.4, -0.2) is 20.1 Å². The molecule has 1 saturated carbocycles. The van der Waals surface area contributed by atoms with Gasteiger partial charge in [-0.25, -0.2) is 9.18 Å². The summed E-state index contributed by atoms with van der Waals surface area (Å²) < 4.78 is 13.3. The number of hydrogen-bond acceptors (Lipinski definition) is 2. The predicted octanol–water partition coefficient (Wildman–Crippen LogP) is 4.79. The van der Waals surface area contributed by atoms with Gasteiger partial charge in [-0.15, -0.1) is 0 Å². The molecule has 0 radical (unpaired) electrons. The molecule has 2 amide bonds. The van der Waals surface area contributed by atoms with E-state index in [-0.39, 0.29) is 11.8 Å². The van der Waals surface area contributed by atoms with Crippen molar-refractivity contribution in [2.45, 2.75) is 38.1 Å². The summed E-state index contributed by atoms with van der Waals surface area (Å²) in [5, 5.41) is 6.12. The van der Waals surface area contributed by atoms with Gasteiger partial charge in [-0.2, -0.15) is 0 Å². The van der Waals surface area contributed by atoms with Crippen LogP contribution in [0.1, 0.15) is 36.8 Å². The lowest BCUT2D eigenvalue weighted by molar-refractivity contribution is 0.236. The molecule has 2 aromatic rings. The molecule has 2 aromatic carbocycles. The first-order chi connectivity index (χ1) is 12.4. The van der Waals surface area contributed by atoms with Crippen LogP contribution < -0.4 is 15.5 Å². The summed E-state index contributed by atoms with van der Waals surface area (Å²) in [6, 6.07) is 12.2. The quantitative estimate of drug-likeness (QED) is 0.828. The predicted molar refractivity (Wildman–Crippen MR) is 104 cm³/mol. The number of aryl methyl sites for hydroxylation is 1. The molecule has 5 heteroatoms. The molecule has 1 aliphatic rings. The minimum absolute atomic E-state index is 0.225. The number of amides is 2. The third kappa shape index (κ3) is 3.82. The second-order valence-electron chi connectivity index (χ2n) is 7.27. The van der Waals surface area contributed by atoms with E-state index >= 15 is 0 Å². The van der Waals surface area contributed by atoms with Crippen LogP contribution in [0.25, 0.3) is 0 Å². The van der Waals surface area contributed by atoms with Crippen molar-refractivity contribution in [1.82, 2.24) is 5.32 Å². The minimum atomic E-state index is -0.421. The summed E-state index contributed by atoms with van der Waals surface area (Å²) in [6.07, 6.45) is 3.83. The maximum absolute atomic E-state index is 13.3. The summed E-state index contributed by atoms with van der Waals surface area (Å²) in [7, 11) is 3.97. The van der Waals surface area contributed by atoms with E-state index in [1.807, 2.05) is 44.1 Å². The Morgan fingerprint density at radius 3 is 2.31 bits per heavy atom. The minimum Gasteiger partial charge on any atom is -0.378 e. The molecule has 138 valence electrons. The molecular formula is C21H26FN3O. The normalized spacial score (nSPS) is 15.5. The fraction of sp³-hybridized carbons (Fsp3) is 0.381. The number of urea groups is 1. The molecule has 0 bridgehead atoms. The van der Waals surface area contributed by atoms with Crippen molar-refractivity contribution in [3.8, 4) is 0 Å². The molecule has 0 unspecified atom stereocenters. The molecule has 0 aliphatic heterocycles. The Balaban J connectivity index is 1.76. The van der Waals surface area contributed by atoms with Gasteiger partial charge >= 0.3 is 6.03 Å². The van der Waals surface area contributed by atoms with Crippen LogP contribution in [0.4, 0.5) is 20.6 Å². The Morgan fingerprint density at radius 1 is 1.08 bits per heavy atom. The lowest BCUT2D eigenvalue weighted by atomic mass is 9.88. The van der Waals surface area contributed by atoms with Crippen LogP contribution in [0.2, 0.25) is 0 Å². The van der Waals surface area contributed by atoms with E-state index in [1.54, 1.807) is 12.1 Å². The molecule has 4 nitrogen and oxygen atoms in total. The Hall–Kier alpha value is -2.56. The molecule has 0 saturated heterocycles. The molecule has 0 atom stereocenters. The SMILES string of the molecule is Cc1cc(N(C)C)ccc1NC(=O)NC1(c2ccc(F)cc2)CCCC1. The summed E-state index contributed by atoms with van der Waals surface area (Å²) in [5.74, 6) is -0.261. The van der Waals surface area contributed by atoms with Crippen molar-refractivity contribution in [3.05, 3.63) is 59.4 Å². The van der Waals surface area contributed by atoms with Crippen molar-refractivity contribution in [2.24, 2.45) is 0 Å². The lowest BCUT2D eigenvalue weighted by Gasteiger charge is -2.31. The van der Waals surface area contributed by atoms with Gasteiger partial charge in [-0.3, -0.25) is 0 Å². The van der Waals surface area contributed by atoms with Crippen LogP contribution in [0.3, 0.4) is 0 Å². The Kier molecular flexibility index (Phi) is 5.16. The van der Waals surface area contributed by atoms with E-state index in [4.69, 9.17) is 0 Å². The van der Waals surface area contributed by atoms with Crippen LogP contribution in [0.5, 0.6) is 0 Å². The third-order valence-corrected chi connectivity index (χ3v) is 5.18. The van der Waals surface area contributed by atoms with Crippen LogP contribution >= 0.6 is 0 Å². The zero-order valence-electron chi connectivity index (χ0n) is 15.6. The average molecular weight is 355 g/mol. The fourth-order valence-corrected chi connectivity index (χ4v) is 3.67. The maximum Gasteiger partial charge on any atom is 0.319 e. The Morgan fingerprint density at radius 2 is 1.73 bits per heavy atom. The van der Waals surface area contributed by atoms with Gasteiger partial charge < -0.3 is 15.5 Å². The van der Waals surface area contributed by atoms with Crippen LogP contribution in [0, 0.1) is 12.7 Å². The van der Waals surface area contributed by atoms with E-state index in [0.717, 1.165) is 48.2 Å². The zero-order chi connectivity index (χ0) is 18.7. The molecule has 3 rings (SSSR count). The Bertz CT molecular complexity index is 780. The van der Waals surface area contributed by atoms with E-state index < -0.39 is 5.54 Å². The van der Waals surface area contributed by atoms with Gasteiger partial charge in [0.25, 0.3) is 0 Å². The van der Waals surface area contributed by atoms with Gasteiger partial charge in [0.05, 0.1) is 5.54 Å². The Labute approximate surface area is 154 Å². The highest BCUT2D eigenvalue weighted by Crippen LogP contribution is 2.39. The highest BCUT2D eigenvalue weighted by atomic mass is 19.1. The lowest BCUT2D eigenvalue weighted by Crippen LogP contribution is -2.45. The largest absolute Gasteiger partial charge is 0.378 e. The van der Waals surface area contributed by atoms with Crippen molar-refractivity contribution in [3.63, 3.8) is 0 Å². The molecule has 26 heavy (non-hydrogen) atoms. The highest BCUT2D eigenvalue weighted by Gasteiger charge is 2.37. The summed E-state index contributed by atoms with van der Waals surface area (Å²) in [5.41, 5.74) is 3.43. The van der Waals surface area contributed by atoms with Crippen LogP contribution in [-0.2, 0) is 5.54 Å². The van der Waals surface area contributed by atoms with Gasteiger partial charge in [-0.1, -0.05) is 25.0 Å². The third-order valence-electron chi connectivity index (χ3n) is 5.18. The molecule has 1 aliphatic carbocycles. The first-order valence-corrected chi connectivity index (χ1v) is 9.03. The number of benzene rings is 2. The van der Waals surface area contributed by atoms with E-state index in [1.165, 1.54) is 12.1 Å². The first kappa shape index (κ1) is 18.2. The van der Waals surface area contributed by atoms with Gasteiger partial charge in [0, 0.05) is 25.5 Å². The fourth-order valence-electron chi connectivity index (χ4n) is 3.67. The van der Waals surface area contributed by atoms with E-state index in [2.05, 4.69) is 10.6 Å². The van der Waals surface area contributed by atoms with Gasteiger partial charge in [0.1, 0.15) is 5.82 Å². The van der Waals surface area contributed by atoms with Crippen molar-refractivity contribution in [1.29, 1.82) is 0 Å². The van der Waals surface area contributed by atoms with Crippen molar-refractivity contribution >= 4 is 17.4 Å². The van der Waals surface area contributed by atoms with Crippen molar-refractivity contribution in [2.75, 3.05) is 24.3 Å². The summed E-state index contributed by atoms with van der Waals surface area (Å²) in [6.45, 7) is 1.98. The number of halogens is 1. The summed E-state index contributed by atoms with van der Waals surface area (Å²) in [4.78, 5) is 14.7. The molecule has 0 spiro atoms. The maximum atomic E-state index is 13.3. The molecular weight excluding hydrogens is 329 g/mol. The zero-order valence-corrected chi connectivity index (χ0v) is 15.6. The number of carbonyl (C=O) groups is 1. The topological polar surface area (TPSA) is 44.4 Å². The molecule has 2 N–H and O–H groups in total. The number of nitrogens with zero attached hydrogens (tertiary/aromatic N) is 1. The van der Waals surface area contributed by atoms with Gasteiger partial charge in [0.2, 0.25) is 0 Å². The number of hydrogen-bond donors (Lipinski definition) is 2. The van der Waals surface area contributed by atoms with Crippen molar-refractivity contribution < 1.29 is 9.18 Å². The second kappa shape index (κ2) is 7.36. The second-order valence-corrected chi connectivity index (χ2v) is 7.27. The van der Waals surface area contributed by atoms with Crippen LogP contribution in [0.15, 0.2) is 42.5 Å². The number of nitrogens with one attached hydrogen (secondary N) is 2. The molecule has 0 heterocycles. The average Bonchev–Trinajstić information content (AvgIpc) is 3.06. The highest BCUT2D eigenvalue weighted by molar-refractivity contribution is 5.91. The van der Waals surface area contributed by atoms with E-state index in [9.17, 15) is 9.18 Å². The first-order valence-electron chi connectivity index (χ1n) is 9.03. The smallest absolute Gasteiger partial charge is 0.319 e. The standard InChI is InChI=1S/C21H26FN3O/c1-15-14-18(25(2)3)10-11-19(15)23-20(26)24-21(12-4-5-13-21)16-6-8-17(22)9-7-16/h6-11,14H,4-5,12-13H2,1-3H3,(H2,23,24,26). The molecule has 1 fully saturated rings. The summed E-state index contributed by atoms with van der Waals surface area (Å²) >= 11 is 0. The van der Waals surface area contributed by atoms with Gasteiger partial charge in [-0.05, 0) is 61.2 Å². The monoisotopic (exact) mass is 355 g/mol. The van der Waals surface area contributed by atoms with Gasteiger partial charge in [0.15, 0.2) is 0 Å².